The Labute approximate surface area is 116 Å². The summed E-state index contributed by atoms with van der Waals surface area (Å²) in [5.74, 6) is 0.126. The van der Waals surface area contributed by atoms with Gasteiger partial charge in [0.05, 0.1) is 6.42 Å². The number of likely N-dealkylation sites (tertiary alicyclic amines) is 1. The second-order valence-corrected chi connectivity index (χ2v) is 5.05. The van der Waals surface area contributed by atoms with Crippen LogP contribution in [0.5, 0.6) is 0 Å². The van der Waals surface area contributed by atoms with Gasteiger partial charge in [-0.05, 0) is 26.3 Å². The van der Waals surface area contributed by atoms with E-state index in [0.717, 1.165) is 19.4 Å². The highest BCUT2D eigenvalue weighted by atomic mass is 16.5. The molecule has 20 heavy (non-hydrogen) atoms. The van der Waals surface area contributed by atoms with Gasteiger partial charge in [0, 0.05) is 25.1 Å². The Morgan fingerprint density at radius 2 is 2.40 bits per heavy atom. The van der Waals surface area contributed by atoms with Gasteiger partial charge in [-0.25, -0.2) is 0 Å². The van der Waals surface area contributed by atoms with Gasteiger partial charge < -0.3 is 14.9 Å². The lowest BCUT2D eigenvalue weighted by Crippen LogP contribution is -2.33. The van der Waals surface area contributed by atoms with Crippen LogP contribution < -0.4 is 5.32 Å². The molecule has 0 spiro atoms. The van der Waals surface area contributed by atoms with Gasteiger partial charge in [-0.15, -0.1) is 0 Å². The molecule has 0 radical (unpaired) electrons. The number of aromatic nitrogens is 1. The Kier molecular flexibility index (Phi) is 4.73. The molecule has 7 nitrogen and oxygen atoms in total. The number of anilines is 1. The van der Waals surface area contributed by atoms with E-state index in [9.17, 15) is 9.59 Å². The first-order chi connectivity index (χ1) is 9.54. The van der Waals surface area contributed by atoms with Gasteiger partial charge in [0.25, 0.3) is 0 Å². The van der Waals surface area contributed by atoms with E-state index in [1.54, 1.807) is 13.0 Å². The molecule has 1 aliphatic rings. The number of rotatable bonds is 6. The molecule has 0 saturated carbocycles. The summed E-state index contributed by atoms with van der Waals surface area (Å²) >= 11 is 0. The average molecular weight is 281 g/mol. The third-order valence-electron chi connectivity index (χ3n) is 3.43. The molecule has 1 aromatic heterocycles. The summed E-state index contributed by atoms with van der Waals surface area (Å²) in [6, 6.07) is 1.70. The number of hydrogen-bond acceptors (Lipinski definition) is 5. The van der Waals surface area contributed by atoms with E-state index < -0.39 is 5.97 Å². The number of aliphatic carboxylic acids is 1. The summed E-state index contributed by atoms with van der Waals surface area (Å²) in [6.07, 6.45) is 2.34. The summed E-state index contributed by atoms with van der Waals surface area (Å²) < 4.78 is 4.86. The molecule has 1 aliphatic heterocycles. The summed E-state index contributed by atoms with van der Waals surface area (Å²) in [7, 11) is 0. The SMILES string of the molecule is Cc1cc(NC(=O)CCN2CCCC2CC(=O)O)no1. The maximum Gasteiger partial charge on any atom is 0.304 e. The lowest BCUT2D eigenvalue weighted by molar-refractivity contribution is -0.138. The molecule has 2 N–H and O–H groups in total. The molecule has 0 aliphatic carbocycles. The Hall–Kier alpha value is -1.89. The van der Waals surface area contributed by atoms with Crippen molar-refractivity contribution < 1.29 is 19.2 Å². The van der Waals surface area contributed by atoms with Gasteiger partial charge in [0.2, 0.25) is 5.91 Å². The Morgan fingerprint density at radius 1 is 1.60 bits per heavy atom. The van der Waals surface area contributed by atoms with E-state index >= 15 is 0 Å². The highest BCUT2D eigenvalue weighted by Crippen LogP contribution is 2.20. The highest BCUT2D eigenvalue weighted by Gasteiger charge is 2.26. The van der Waals surface area contributed by atoms with Crippen molar-refractivity contribution in [2.45, 2.75) is 38.6 Å². The second-order valence-electron chi connectivity index (χ2n) is 5.05. The van der Waals surface area contributed by atoms with E-state index in [2.05, 4.69) is 15.4 Å². The third kappa shape index (κ3) is 4.06. The van der Waals surface area contributed by atoms with Crippen molar-refractivity contribution in [1.29, 1.82) is 0 Å². The number of nitrogens with zero attached hydrogens (tertiary/aromatic N) is 2. The van der Waals surface area contributed by atoms with Gasteiger partial charge in [-0.2, -0.15) is 0 Å². The molecule has 110 valence electrons. The summed E-state index contributed by atoms with van der Waals surface area (Å²) in [4.78, 5) is 24.6. The fourth-order valence-corrected chi connectivity index (χ4v) is 2.50. The number of carbonyl (C=O) groups excluding carboxylic acids is 1. The highest BCUT2D eigenvalue weighted by molar-refractivity contribution is 5.89. The van der Waals surface area contributed by atoms with Crippen LogP contribution in [0.4, 0.5) is 5.82 Å². The number of carbonyl (C=O) groups is 2. The number of nitrogens with one attached hydrogen (secondary N) is 1. The normalized spacial score (nSPS) is 19.1. The first-order valence-corrected chi connectivity index (χ1v) is 6.73. The minimum atomic E-state index is -0.788. The van der Waals surface area contributed by atoms with E-state index in [-0.39, 0.29) is 18.4 Å². The first kappa shape index (κ1) is 14.5. The van der Waals surface area contributed by atoms with Crippen molar-refractivity contribution in [3.05, 3.63) is 11.8 Å². The topological polar surface area (TPSA) is 95.7 Å². The van der Waals surface area contributed by atoms with Crippen molar-refractivity contribution >= 4 is 17.7 Å². The van der Waals surface area contributed by atoms with Gasteiger partial charge >= 0.3 is 5.97 Å². The van der Waals surface area contributed by atoms with Crippen LogP contribution in [0.25, 0.3) is 0 Å². The molecule has 1 fully saturated rings. The third-order valence-corrected chi connectivity index (χ3v) is 3.43. The van der Waals surface area contributed by atoms with E-state index in [4.69, 9.17) is 9.63 Å². The number of carboxylic acid groups (broad SMARTS) is 1. The largest absolute Gasteiger partial charge is 0.481 e. The zero-order valence-corrected chi connectivity index (χ0v) is 11.5. The van der Waals surface area contributed by atoms with E-state index in [1.165, 1.54) is 0 Å². The molecule has 1 saturated heterocycles. The maximum atomic E-state index is 11.8. The molecule has 1 amide bonds. The number of amides is 1. The fraction of sp³-hybridized carbons (Fsp3) is 0.615. The molecular formula is C13H19N3O4. The van der Waals surface area contributed by atoms with Gasteiger partial charge in [0.1, 0.15) is 5.76 Å². The molecule has 2 heterocycles. The smallest absolute Gasteiger partial charge is 0.304 e. The van der Waals surface area contributed by atoms with E-state index in [1.807, 2.05) is 0 Å². The van der Waals surface area contributed by atoms with Crippen molar-refractivity contribution in [2.24, 2.45) is 0 Å². The molecule has 1 atom stereocenters. The van der Waals surface area contributed by atoms with Gasteiger partial charge in [0.15, 0.2) is 5.82 Å². The molecule has 1 unspecified atom stereocenters. The van der Waals surface area contributed by atoms with Gasteiger partial charge in [-0.1, -0.05) is 5.16 Å². The maximum absolute atomic E-state index is 11.8. The Morgan fingerprint density at radius 3 is 3.05 bits per heavy atom. The second kappa shape index (κ2) is 6.51. The van der Waals surface area contributed by atoms with Crippen LogP contribution in [-0.4, -0.2) is 46.2 Å². The Balaban J connectivity index is 1.76. The molecule has 1 aromatic rings. The predicted octanol–water partition coefficient (Wildman–Crippen LogP) is 1.25. The van der Waals surface area contributed by atoms with Crippen LogP contribution in [0, 0.1) is 6.92 Å². The molecule has 2 rings (SSSR count). The van der Waals surface area contributed by atoms with Crippen LogP contribution in [0.1, 0.15) is 31.4 Å². The van der Waals surface area contributed by atoms with E-state index in [0.29, 0.717) is 24.5 Å². The molecule has 0 aromatic carbocycles. The predicted molar refractivity (Wildman–Crippen MR) is 71.3 cm³/mol. The summed E-state index contributed by atoms with van der Waals surface area (Å²) in [5.41, 5.74) is 0. The quantitative estimate of drug-likeness (QED) is 0.814. The zero-order chi connectivity index (χ0) is 14.5. The zero-order valence-electron chi connectivity index (χ0n) is 11.5. The van der Waals surface area contributed by atoms with Crippen LogP contribution in [0.2, 0.25) is 0 Å². The van der Waals surface area contributed by atoms with Crippen molar-refractivity contribution in [1.82, 2.24) is 10.1 Å². The molecule has 7 heteroatoms. The minimum absolute atomic E-state index is 0.0506. The Bertz CT molecular complexity index is 486. The molecule has 0 bridgehead atoms. The number of aryl methyl sites for hydroxylation is 1. The first-order valence-electron chi connectivity index (χ1n) is 6.73. The minimum Gasteiger partial charge on any atom is -0.481 e. The monoisotopic (exact) mass is 281 g/mol. The van der Waals surface area contributed by atoms with Crippen LogP contribution in [0.3, 0.4) is 0 Å². The van der Waals surface area contributed by atoms with Crippen molar-refractivity contribution in [3.63, 3.8) is 0 Å². The van der Waals surface area contributed by atoms with Crippen LogP contribution >= 0.6 is 0 Å². The standard InChI is InChI=1S/C13H19N3O4/c1-9-7-11(15-20-9)14-12(17)4-6-16-5-2-3-10(16)8-13(18)19/h7,10H,2-6,8H2,1H3,(H,18,19)(H,14,15,17). The van der Waals surface area contributed by atoms with Crippen molar-refractivity contribution in [3.8, 4) is 0 Å². The summed E-state index contributed by atoms with van der Waals surface area (Å²) in [6.45, 7) is 3.18. The average Bonchev–Trinajstić information content (AvgIpc) is 2.96. The van der Waals surface area contributed by atoms with Gasteiger partial charge in [-0.3, -0.25) is 14.5 Å². The number of carboxylic acids is 1. The number of hydrogen-bond donors (Lipinski definition) is 2. The van der Waals surface area contributed by atoms with Crippen LogP contribution in [0.15, 0.2) is 10.6 Å². The lowest BCUT2D eigenvalue weighted by Gasteiger charge is -2.22. The molecular weight excluding hydrogens is 262 g/mol. The summed E-state index contributed by atoms with van der Waals surface area (Å²) in [5, 5.41) is 15.2. The van der Waals surface area contributed by atoms with Crippen LogP contribution in [-0.2, 0) is 9.59 Å². The fourth-order valence-electron chi connectivity index (χ4n) is 2.50. The van der Waals surface area contributed by atoms with Crippen molar-refractivity contribution in [2.75, 3.05) is 18.4 Å². The lowest BCUT2D eigenvalue weighted by atomic mass is 10.1.